The summed E-state index contributed by atoms with van der Waals surface area (Å²) in [6.07, 6.45) is 1.50. The fourth-order valence-corrected chi connectivity index (χ4v) is 1.40. The molecule has 0 bridgehead atoms. The van der Waals surface area contributed by atoms with E-state index >= 15 is 0 Å². The Hall–Kier alpha value is -2.81. The highest BCUT2D eigenvalue weighted by molar-refractivity contribution is 6.38. The number of nitriles is 1. The summed E-state index contributed by atoms with van der Waals surface area (Å²) < 4.78 is 5.39. The van der Waals surface area contributed by atoms with E-state index in [0.29, 0.717) is 24.7 Å². The van der Waals surface area contributed by atoms with Crippen molar-refractivity contribution >= 4 is 17.5 Å². The van der Waals surface area contributed by atoms with Crippen LogP contribution in [0, 0.1) is 11.3 Å². The van der Waals surface area contributed by atoms with Crippen LogP contribution >= 0.6 is 0 Å². The smallest absolute Gasteiger partial charge is 0.376 e. The summed E-state index contributed by atoms with van der Waals surface area (Å²) in [4.78, 5) is 21.5. The third-order valence-electron chi connectivity index (χ3n) is 2.33. The molecule has 0 aliphatic rings. The van der Waals surface area contributed by atoms with E-state index in [1.54, 1.807) is 18.2 Å². The molecule has 1 aromatic rings. The average Bonchev–Trinajstić information content (AvgIpc) is 2.43. The molecule has 0 aliphatic carbocycles. The number of carbonyl (C=O) groups is 2. The standard InChI is InChI=1S/C14H13NO5/c15-7-3-4-8-20-13-6-2-1-5-10(13)11(16)9-12(17)14(18)19/h1-2,5-6,9,16H,3-4,8H2,(H,18,19). The van der Waals surface area contributed by atoms with Crippen LogP contribution in [-0.4, -0.2) is 28.6 Å². The zero-order chi connectivity index (χ0) is 15.0. The Kier molecular flexibility index (Phi) is 5.78. The van der Waals surface area contributed by atoms with Gasteiger partial charge in [-0.15, -0.1) is 0 Å². The Balaban J connectivity index is 2.87. The van der Waals surface area contributed by atoms with E-state index in [4.69, 9.17) is 15.1 Å². The van der Waals surface area contributed by atoms with Crippen molar-refractivity contribution in [1.82, 2.24) is 0 Å². The summed E-state index contributed by atoms with van der Waals surface area (Å²) in [5.74, 6) is -3.03. The minimum absolute atomic E-state index is 0.221. The minimum atomic E-state index is -1.65. The van der Waals surface area contributed by atoms with E-state index in [-0.39, 0.29) is 12.2 Å². The van der Waals surface area contributed by atoms with Gasteiger partial charge in [-0.1, -0.05) is 12.1 Å². The molecule has 0 spiro atoms. The molecular formula is C14H13NO5. The molecule has 0 atom stereocenters. The largest absolute Gasteiger partial charge is 0.507 e. The van der Waals surface area contributed by atoms with Crippen molar-refractivity contribution in [3.63, 3.8) is 0 Å². The van der Waals surface area contributed by atoms with Gasteiger partial charge in [0.05, 0.1) is 18.2 Å². The maximum absolute atomic E-state index is 11.0. The third-order valence-corrected chi connectivity index (χ3v) is 2.33. The zero-order valence-corrected chi connectivity index (χ0v) is 10.6. The number of hydrogen-bond acceptors (Lipinski definition) is 5. The van der Waals surface area contributed by atoms with Crippen LogP contribution in [0.4, 0.5) is 0 Å². The molecular weight excluding hydrogens is 262 g/mol. The van der Waals surface area contributed by atoms with Crippen molar-refractivity contribution in [1.29, 1.82) is 5.26 Å². The highest BCUT2D eigenvalue weighted by Crippen LogP contribution is 2.24. The summed E-state index contributed by atoms with van der Waals surface area (Å²) in [5, 5.41) is 26.7. The van der Waals surface area contributed by atoms with Crippen LogP contribution in [0.15, 0.2) is 30.3 Å². The van der Waals surface area contributed by atoms with Crippen LogP contribution in [0.25, 0.3) is 5.76 Å². The lowest BCUT2D eigenvalue weighted by Crippen LogP contribution is -2.09. The van der Waals surface area contributed by atoms with Gasteiger partial charge >= 0.3 is 5.97 Å². The first-order valence-electron chi connectivity index (χ1n) is 5.83. The van der Waals surface area contributed by atoms with Crippen molar-refractivity contribution in [2.45, 2.75) is 12.8 Å². The number of carboxylic acids is 1. The van der Waals surface area contributed by atoms with Crippen molar-refractivity contribution in [3.8, 4) is 11.8 Å². The van der Waals surface area contributed by atoms with Gasteiger partial charge in [-0.2, -0.15) is 5.26 Å². The fourth-order valence-electron chi connectivity index (χ4n) is 1.40. The molecule has 0 amide bonds. The lowest BCUT2D eigenvalue weighted by atomic mass is 10.1. The van der Waals surface area contributed by atoms with Gasteiger partial charge in [0, 0.05) is 12.5 Å². The molecule has 0 aliphatic heterocycles. The molecule has 1 rings (SSSR count). The molecule has 0 saturated carbocycles. The van der Waals surface area contributed by atoms with E-state index in [2.05, 4.69) is 0 Å². The van der Waals surface area contributed by atoms with Crippen molar-refractivity contribution in [2.24, 2.45) is 0 Å². The van der Waals surface area contributed by atoms with Gasteiger partial charge in [0.1, 0.15) is 11.5 Å². The highest BCUT2D eigenvalue weighted by atomic mass is 16.5. The van der Waals surface area contributed by atoms with E-state index in [9.17, 15) is 14.7 Å². The molecule has 2 N–H and O–H groups in total. The number of aliphatic carboxylic acids is 1. The van der Waals surface area contributed by atoms with Crippen LogP contribution in [0.1, 0.15) is 18.4 Å². The molecule has 0 aromatic heterocycles. The predicted molar refractivity (Wildman–Crippen MR) is 70.0 cm³/mol. The first kappa shape index (κ1) is 15.2. The van der Waals surface area contributed by atoms with Gasteiger partial charge in [0.15, 0.2) is 0 Å². The first-order chi connectivity index (χ1) is 9.56. The Labute approximate surface area is 115 Å². The number of hydrogen-bond donors (Lipinski definition) is 2. The Morgan fingerprint density at radius 3 is 2.65 bits per heavy atom. The lowest BCUT2D eigenvalue weighted by molar-refractivity contribution is -0.146. The quantitative estimate of drug-likeness (QED) is 0.340. The fraction of sp³-hybridized carbons (Fsp3) is 0.214. The molecule has 1 aromatic carbocycles. The van der Waals surface area contributed by atoms with Crippen LogP contribution in [-0.2, 0) is 9.59 Å². The van der Waals surface area contributed by atoms with Gasteiger partial charge in [-0.25, -0.2) is 4.79 Å². The summed E-state index contributed by atoms with van der Waals surface area (Å²) in [5.41, 5.74) is 0.221. The van der Waals surface area contributed by atoms with Crippen molar-refractivity contribution in [2.75, 3.05) is 6.61 Å². The Bertz CT molecular complexity index is 571. The van der Waals surface area contributed by atoms with E-state index in [1.807, 2.05) is 6.07 Å². The van der Waals surface area contributed by atoms with Crippen molar-refractivity contribution in [3.05, 3.63) is 35.9 Å². The number of ketones is 1. The third kappa shape index (κ3) is 4.46. The number of nitrogens with zero attached hydrogens (tertiary/aromatic N) is 1. The number of para-hydroxylation sites is 1. The Morgan fingerprint density at radius 1 is 1.30 bits per heavy atom. The number of aliphatic hydroxyl groups is 1. The number of rotatable bonds is 7. The predicted octanol–water partition coefficient (Wildman–Crippen LogP) is 1.92. The lowest BCUT2D eigenvalue weighted by Gasteiger charge is -2.10. The molecule has 0 saturated heterocycles. The summed E-state index contributed by atoms with van der Waals surface area (Å²) in [6, 6.07) is 8.35. The molecule has 0 heterocycles. The average molecular weight is 275 g/mol. The Morgan fingerprint density at radius 2 is 2.00 bits per heavy atom. The summed E-state index contributed by atoms with van der Waals surface area (Å²) in [6.45, 7) is 0.282. The van der Waals surface area contributed by atoms with E-state index in [1.165, 1.54) is 6.07 Å². The van der Waals surface area contributed by atoms with Gasteiger partial charge in [0.25, 0.3) is 5.78 Å². The van der Waals surface area contributed by atoms with E-state index in [0.717, 1.165) is 0 Å². The molecule has 0 fully saturated rings. The van der Waals surface area contributed by atoms with Gasteiger partial charge in [0.2, 0.25) is 0 Å². The van der Waals surface area contributed by atoms with E-state index < -0.39 is 17.5 Å². The summed E-state index contributed by atoms with van der Waals surface area (Å²) in [7, 11) is 0. The molecule has 0 radical (unpaired) electrons. The topological polar surface area (TPSA) is 108 Å². The maximum Gasteiger partial charge on any atom is 0.376 e. The highest BCUT2D eigenvalue weighted by Gasteiger charge is 2.13. The second-order valence-electron chi connectivity index (χ2n) is 3.81. The molecule has 6 heteroatoms. The normalized spacial score (nSPS) is 10.7. The van der Waals surface area contributed by atoms with Crippen LogP contribution in [0.5, 0.6) is 5.75 Å². The maximum atomic E-state index is 11.0. The number of benzene rings is 1. The SMILES string of the molecule is N#CCCCOc1ccccc1C(O)=CC(=O)C(=O)O. The van der Waals surface area contributed by atoms with Crippen LogP contribution < -0.4 is 4.74 Å². The number of aliphatic hydroxyl groups excluding tert-OH is 1. The second-order valence-corrected chi connectivity index (χ2v) is 3.81. The zero-order valence-electron chi connectivity index (χ0n) is 10.6. The number of carbonyl (C=O) groups excluding carboxylic acids is 1. The monoisotopic (exact) mass is 275 g/mol. The number of ether oxygens (including phenoxy) is 1. The van der Waals surface area contributed by atoms with Crippen LogP contribution in [0.3, 0.4) is 0 Å². The molecule has 6 nitrogen and oxygen atoms in total. The summed E-state index contributed by atoms with van der Waals surface area (Å²) >= 11 is 0. The minimum Gasteiger partial charge on any atom is -0.507 e. The number of carboxylic acid groups (broad SMARTS) is 1. The van der Waals surface area contributed by atoms with Gasteiger partial charge < -0.3 is 14.9 Å². The van der Waals surface area contributed by atoms with Crippen molar-refractivity contribution < 1.29 is 24.5 Å². The molecule has 0 unspecified atom stereocenters. The first-order valence-corrected chi connectivity index (χ1v) is 5.83. The second kappa shape index (κ2) is 7.59. The van der Waals surface area contributed by atoms with Crippen LogP contribution in [0.2, 0.25) is 0 Å². The molecule has 20 heavy (non-hydrogen) atoms. The van der Waals surface area contributed by atoms with Gasteiger partial charge in [-0.05, 0) is 18.6 Å². The number of unbranched alkanes of at least 4 members (excludes halogenated alkanes) is 1. The van der Waals surface area contributed by atoms with Gasteiger partial charge in [-0.3, -0.25) is 4.79 Å². The molecule has 104 valence electrons.